The summed E-state index contributed by atoms with van der Waals surface area (Å²) < 4.78 is 9.89. The highest BCUT2D eigenvalue weighted by Gasteiger charge is 2.28. The predicted molar refractivity (Wildman–Crippen MR) is 136 cm³/mol. The lowest BCUT2D eigenvalue weighted by molar-refractivity contribution is 0.0547. The molecule has 1 aliphatic rings. The van der Waals surface area contributed by atoms with Gasteiger partial charge in [0.25, 0.3) is 0 Å². The number of aromatic nitrogens is 6. The summed E-state index contributed by atoms with van der Waals surface area (Å²) >= 11 is 0. The van der Waals surface area contributed by atoms with Crippen LogP contribution in [0.25, 0.3) is 27.9 Å². The number of ether oxygens (including phenoxy) is 1. The Bertz CT molecular complexity index is 1480. The molecule has 35 heavy (non-hydrogen) atoms. The number of hydrogen-bond acceptors (Lipinski definition) is 5. The largest absolute Gasteiger partial charge is 0.381 e. The third-order valence-electron chi connectivity index (χ3n) is 7.20. The van der Waals surface area contributed by atoms with Gasteiger partial charge in [0.2, 0.25) is 0 Å². The first kappa shape index (κ1) is 21.9. The van der Waals surface area contributed by atoms with Crippen molar-refractivity contribution in [1.82, 2.24) is 29.4 Å². The molecular weight excluding hydrogens is 436 g/mol. The van der Waals surface area contributed by atoms with E-state index in [2.05, 4.69) is 83.2 Å². The molecule has 0 unspecified atom stereocenters. The van der Waals surface area contributed by atoms with E-state index in [0.29, 0.717) is 11.8 Å². The summed E-state index contributed by atoms with van der Waals surface area (Å²) in [5, 5.41) is 13.5. The number of imidazole rings is 1. The van der Waals surface area contributed by atoms with E-state index in [4.69, 9.17) is 14.8 Å². The third-order valence-corrected chi connectivity index (χ3v) is 7.20. The lowest BCUT2D eigenvalue weighted by Gasteiger charge is -2.32. The zero-order valence-corrected chi connectivity index (χ0v) is 20.4. The predicted octanol–water partition coefficient (Wildman–Crippen LogP) is 5.59. The van der Waals surface area contributed by atoms with Crippen LogP contribution in [0.15, 0.2) is 60.9 Å². The molecule has 0 amide bonds. The van der Waals surface area contributed by atoms with E-state index in [1.807, 2.05) is 17.8 Å². The van der Waals surface area contributed by atoms with Gasteiger partial charge in [-0.2, -0.15) is 9.61 Å². The van der Waals surface area contributed by atoms with Crippen LogP contribution < -0.4 is 0 Å². The molecule has 6 rings (SSSR count). The quantitative estimate of drug-likeness (QED) is 0.338. The first-order valence-electron chi connectivity index (χ1n) is 12.4. The summed E-state index contributed by atoms with van der Waals surface area (Å²) in [5.74, 6) is 1.58. The first-order chi connectivity index (χ1) is 17.1. The molecule has 1 aliphatic heterocycles. The van der Waals surface area contributed by atoms with Gasteiger partial charge in [-0.25, -0.2) is 4.98 Å². The van der Waals surface area contributed by atoms with Gasteiger partial charge in [0, 0.05) is 18.8 Å². The number of aryl methyl sites for hydroxylation is 1. The van der Waals surface area contributed by atoms with Crippen LogP contribution in [0.5, 0.6) is 0 Å². The van der Waals surface area contributed by atoms with E-state index in [0.717, 1.165) is 59.8 Å². The van der Waals surface area contributed by atoms with E-state index < -0.39 is 0 Å². The molecule has 0 spiro atoms. The van der Waals surface area contributed by atoms with Gasteiger partial charge in [-0.1, -0.05) is 50.2 Å². The molecule has 4 heterocycles. The van der Waals surface area contributed by atoms with Crippen LogP contribution in [0.1, 0.15) is 55.6 Å². The molecule has 7 nitrogen and oxygen atoms in total. The van der Waals surface area contributed by atoms with Gasteiger partial charge in [0.15, 0.2) is 11.5 Å². The van der Waals surface area contributed by atoms with Gasteiger partial charge in [-0.05, 0) is 60.9 Å². The van der Waals surface area contributed by atoms with Gasteiger partial charge < -0.3 is 9.30 Å². The van der Waals surface area contributed by atoms with E-state index in [-0.39, 0.29) is 6.04 Å². The fourth-order valence-electron chi connectivity index (χ4n) is 5.35. The Hall–Kier alpha value is -3.58. The minimum atomic E-state index is 0.209. The Morgan fingerprint density at radius 2 is 1.77 bits per heavy atom. The van der Waals surface area contributed by atoms with Crippen molar-refractivity contribution in [2.24, 2.45) is 5.92 Å². The molecule has 3 aromatic heterocycles. The van der Waals surface area contributed by atoms with E-state index in [1.54, 1.807) is 0 Å². The Labute approximate surface area is 204 Å². The zero-order chi connectivity index (χ0) is 23.9. The van der Waals surface area contributed by atoms with Crippen molar-refractivity contribution in [2.45, 2.75) is 45.6 Å². The highest BCUT2D eigenvalue weighted by Crippen LogP contribution is 2.37. The smallest absolute Gasteiger partial charge is 0.178 e. The molecular formula is C28H30N6O. The maximum Gasteiger partial charge on any atom is 0.178 e. The normalized spacial score (nSPS) is 15.9. The van der Waals surface area contributed by atoms with Gasteiger partial charge in [-0.3, -0.25) is 0 Å². The number of fused-ring (bicyclic) bond motifs is 2. The molecule has 5 aromatic rings. The van der Waals surface area contributed by atoms with Gasteiger partial charge in [-0.15, -0.1) is 10.2 Å². The fourth-order valence-corrected chi connectivity index (χ4v) is 5.35. The summed E-state index contributed by atoms with van der Waals surface area (Å²) in [6, 6.07) is 19.6. The van der Waals surface area contributed by atoms with Crippen LogP contribution in [0.2, 0.25) is 0 Å². The third kappa shape index (κ3) is 3.90. The topological polar surface area (TPSA) is 70.1 Å². The van der Waals surface area contributed by atoms with Crippen LogP contribution in [-0.2, 0) is 4.74 Å². The van der Waals surface area contributed by atoms with Crippen molar-refractivity contribution >= 4 is 16.7 Å². The maximum absolute atomic E-state index is 5.70. The van der Waals surface area contributed by atoms with Crippen molar-refractivity contribution < 1.29 is 4.74 Å². The molecule has 0 saturated carbocycles. The van der Waals surface area contributed by atoms with Crippen molar-refractivity contribution in [1.29, 1.82) is 0 Å². The molecule has 0 N–H and O–H groups in total. The highest BCUT2D eigenvalue weighted by atomic mass is 16.5. The Kier molecular flexibility index (Phi) is 5.57. The Balaban J connectivity index is 1.52. The lowest BCUT2D eigenvalue weighted by Crippen LogP contribution is -2.26. The van der Waals surface area contributed by atoms with Crippen molar-refractivity contribution in [3.63, 3.8) is 0 Å². The van der Waals surface area contributed by atoms with E-state index in [9.17, 15) is 0 Å². The van der Waals surface area contributed by atoms with Crippen molar-refractivity contribution in [2.75, 3.05) is 13.2 Å². The van der Waals surface area contributed by atoms with Crippen LogP contribution in [-0.4, -0.2) is 42.6 Å². The average molecular weight is 467 g/mol. The average Bonchev–Trinajstić information content (AvgIpc) is 3.47. The second-order valence-corrected chi connectivity index (χ2v) is 9.78. The molecule has 0 bridgehead atoms. The van der Waals surface area contributed by atoms with Crippen molar-refractivity contribution in [3.05, 3.63) is 77.9 Å². The minimum absolute atomic E-state index is 0.209. The zero-order valence-electron chi connectivity index (χ0n) is 20.4. The molecule has 1 saturated heterocycles. The summed E-state index contributed by atoms with van der Waals surface area (Å²) in [7, 11) is 0. The Morgan fingerprint density at radius 1 is 0.971 bits per heavy atom. The van der Waals surface area contributed by atoms with Gasteiger partial charge in [0.1, 0.15) is 0 Å². The maximum atomic E-state index is 5.70. The molecule has 2 aromatic carbocycles. The molecule has 0 aliphatic carbocycles. The number of nitrogens with zero attached hydrogens (tertiary/aromatic N) is 6. The molecule has 1 atom stereocenters. The number of benzene rings is 2. The summed E-state index contributed by atoms with van der Waals surface area (Å²) in [5.41, 5.74) is 7.43. The second-order valence-electron chi connectivity index (χ2n) is 9.78. The second kappa shape index (κ2) is 8.89. The lowest BCUT2D eigenvalue weighted by atomic mass is 9.86. The van der Waals surface area contributed by atoms with Crippen LogP contribution in [0, 0.1) is 12.8 Å². The van der Waals surface area contributed by atoms with Crippen molar-refractivity contribution in [3.8, 4) is 11.3 Å². The summed E-state index contributed by atoms with van der Waals surface area (Å²) in [4.78, 5) is 4.79. The molecule has 1 fully saturated rings. The van der Waals surface area contributed by atoms with Crippen LogP contribution in [0.4, 0.5) is 0 Å². The van der Waals surface area contributed by atoms with Crippen LogP contribution >= 0.6 is 0 Å². The SMILES string of the molecule is Cc1nnc2cc(C(C)C)c(-c3ccc4ncn([C@@H](c5ccccc5)C5CCOCC5)c4c3)nn12. The fraction of sp³-hybridized carbons (Fsp3) is 0.357. The van der Waals surface area contributed by atoms with E-state index >= 15 is 0 Å². The molecule has 178 valence electrons. The standard InChI is InChI=1S/C28H30N6O/c1-18(2)23-16-26-31-30-19(3)34(26)32-27(23)22-9-10-24-25(15-22)33(17-29-24)28(20-7-5-4-6-8-20)21-11-13-35-14-12-21/h4-10,15-18,21,28H,11-14H2,1-3H3/t28-/m0/s1. The number of rotatable bonds is 5. The van der Waals surface area contributed by atoms with Gasteiger partial charge >= 0.3 is 0 Å². The molecule has 7 heteroatoms. The van der Waals surface area contributed by atoms with Crippen LogP contribution in [0.3, 0.4) is 0 Å². The summed E-state index contributed by atoms with van der Waals surface area (Å²) in [6.07, 6.45) is 4.09. The van der Waals surface area contributed by atoms with E-state index in [1.165, 1.54) is 11.1 Å². The molecule has 0 radical (unpaired) electrons. The first-order valence-corrected chi connectivity index (χ1v) is 12.4. The summed E-state index contributed by atoms with van der Waals surface area (Å²) in [6.45, 7) is 7.94. The number of hydrogen-bond donors (Lipinski definition) is 0. The monoisotopic (exact) mass is 466 g/mol. The highest BCUT2D eigenvalue weighted by molar-refractivity contribution is 5.82. The Morgan fingerprint density at radius 3 is 2.54 bits per heavy atom. The minimum Gasteiger partial charge on any atom is -0.381 e. The van der Waals surface area contributed by atoms with Gasteiger partial charge in [0.05, 0.1) is 29.1 Å².